The fraction of sp³-hybridized carbons (Fsp3) is 0.333. The highest BCUT2D eigenvalue weighted by Crippen LogP contribution is 2.48. The minimum Gasteiger partial charge on any atom is -0.492 e. The number of nitrogens with zero attached hydrogens (tertiary/aromatic N) is 1. The number of rotatable bonds is 8. The monoisotopic (exact) mass is 429 g/mol. The van der Waals surface area contributed by atoms with E-state index in [-0.39, 0.29) is 17.5 Å². The number of aryl methyl sites for hydroxylation is 1. The summed E-state index contributed by atoms with van der Waals surface area (Å²) in [6, 6.07) is 14.2. The zero-order valence-corrected chi connectivity index (χ0v) is 19.3. The zero-order chi connectivity index (χ0) is 22.9. The summed E-state index contributed by atoms with van der Waals surface area (Å²) in [6.07, 6.45) is 3.60. The fourth-order valence-corrected chi connectivity index (χ4v) is 3.94. The summed E-state index contributed by atoms with van der Waals surface area (Å²) in [5.74, 6) is 0.622. The summed E-state index contributed by atoms with van der Waals surface area (Å²) in [4.78, 5) is 17.9. The molecule has 1 atom stereocenters. The largest absolute Gasteiger partial charge is 0.492 e. The van der Waals surface area contributed by atoms with E-state index in [0.29, 0.717) is 17.9 Å². The Labute approximate surface area is 189 Å². The molecule has 1 amide bonds. The first-order valence-electron chi connectivity index (χ1n) is 11.1. The van der Waals surface area contributed by atoms with Crippen LogP contribution in [0.4, 0.5) is 0 Å². The van der Waals surface area contributed by atoms with Gasteiger partial charge in [0.2, 0.25) is 0 Å². The van der Waals surface area contributed by atoms with Crippen molar-refractivity contribution in [3.05, 3.63) is 77.5 Å². The van der Waals surface area contributed by atoms with E-state index >= 15 is 0 Å². The van der Waals surface area contributed by atoms with Crippen LogP contribution in [0.3, 0.4) is 0 Å². The number of allylic oxidation sites excluding steroid dienone is 1. The van der Waals surface area contributed by atoms with Gasteiger partial charge in [0.15, 0.2) is 0 Å². The molecular formula is C27H31N3O2. The number of amides is 1. The number of hydrogen-bond acceptors (Lipinski definition) is 4. The number of fused-ring (bicyclic) bond motifs is 1. The molecule has 1 aliphatic carbocycles. The van der Waals surface area contributed by atoms with Crippen LogP contribution in [0.15, 0.2) is 55.2 Å². The van der Waals surface area contributed by atoms with Gasteiger partial charge in [0.1, 0.15) is 12.4 Å². The number of ether oxygens (including phenoxy) is 1. The third-order valence-corrected chi connectivity index (χ3v) is 6.28. The molecule has 0 radical (unpaired) electrons. The van der Waals surface area contributed by atoms with Crippen molar-refractivity contribution in [1.82, 2.24) is 15.6 Å². The molecule has 5 heteroatoms. The highest BCUT2D eigenvalue weighted by Gasteiger charge is 2.47. The molecule has 3 aromatic rings. The van der Waals surface area contributed by atoms with Gasteiger partial charge in [-0.05, 0) is 87.7 Å². The minimum absolute atomic E-state index is 0.0788. The molecule has 1 aliphatic rings. The number of aromatic nitrogens is 1. The van der Waals surface area contributed by atoms with Crippen LogP contribution in [-0.4, -0.2) is 30.6 Å². The van der Waals surface area contributed by atoms with Gasteiger partial charge in [-0.25, -0.2) is 0 Å². The van der Waals surface area contributed by atoms with Crippen LogP contribution >= 0.6 is 0 Å². The summed E-state index contributed by atoms with van der Waals surface area (Å²) in [5.41, 5.74) is 5.26. The highest BCUT2D eigenvalue weighted by molar-refractivity contribution is 5.97. The van der Waals surface area contributed by atoms with E-state index in [1.54, 1.807) is 6.20 Å². The Morgan fingerprint density at radius 3 is 2.72 bits per heavy atom. The van der Waals surface area contributed by atoms with Gasteiger partial charge >= 0.3 is 0 Å². The molecule has 4 rings (SSSR count). The van der Waals surface area contributed by atoms with Crippen molar-refractivity contribution in [1.29, 1.82) is 0 Å². The first-order valence-corrected chi connectivity index (χ1v) is 11.1. The van der Waals surface area contributed by atoms with Gasteiger partial charge in [-0.3, -0.25) is 9.78 Å². The summed E-state index contributed by atoms with van der Waals surface area (Å²) >= 11 is 0. The van der Waals surface area contributed by atoms with E-state index in [9.17, 15) is 4.79 Å². The SMILES string of the molecule is C=C(C)c1cc(C2(NC(=O)c3cc(OCC(C)NC)ccc3C)CC2)c2cccnc2c1. The van der Waals surface area contributed by atoms with Crippen molar-refractivity contribution in [2.75, 3.05) is 13.7 Å². The quantitative estimate of drug-likeness (QED) is 0.530. The second kappa shape index (κ2) is 8.75. The average molecular weight is 430 g/mol. The molecule has 2 aromatic carbocycles. The van der Waals surface area contributed by atoms with Gasteiger partial charge in [0, 0.05) is 23.2 Å². The number of likely N-dealkylation sites (N-methyl/N-ethyl adjacent to an activating group) is 1. The number of pyridine rings is 1. The van der Waals surface area contributed by atoms with Gasteiger partial charge in [0.05, 0.1) is 11.1 Å². The number of benzene rings is 2. The zero-order valence-electron chi connectivity index (χ0n) is 19.3. The predicted octanol–water partition coefficient (Wildman–Crippen LogP) is 4.98. The second-order valence-electron chi connectivity index (χ2n) is 8.89. The molecular weight excluding hydrogens is 398 g/mol. The van der Waals surface area contributed by atoms with Gasteiger partial charge in [-0.15, -0.1) is 0 Å². The first-order chi connectivity index (χ1) is 15.3. The maximum Gasteiger partial charge on any atom is 0.252 e. The van der Waals surface area contributed by atoms with Crippen LogP contribution in [0.1, 0.15) is 53.7 Å². The van der Waals surface area contributed by atoms with Crippen LogP contribution in [0, 0.1) is 6.92 Å². The molecule has 0 saturated heterocycles. The molecule has 32 heavy (non-hydrogen) atoms. The number of nitrogens with one attached hydrogen (secondary N) is 2. The van der Waals surface area contributed by atoms with Crippen molar-refractivity contribution in [2.24, 2.45) is 0 Å². The van der Waals surface area contributed by atoms with Gasteiger partial charge in [-0.2, -0.15) is 0 Å². The molecule has 1 unspecified atom stereocenters. The molecule has 5 nitrogen and oxygen atoms in total. The maximum atomic E-state index is 13.4. The van der Waals surface area contributed by atoms with Crippen LogP contribution in [0.2, 0.25) is 0 Å². The van der Waals surface area contributed by atoms with Gasteiger partial charge in [-0.1, -0.05) is 24.3 Å². The van der Waals surface area contributed by atoms with E-state index < -0.39 is 0 Å². The van der Waals surface area contributed by atoms with Crippen LogP contribution in [0.5, 0.6) is 5.75 Å². The van der Waals surface area contributed by atoms with Crippen molar-refractivity contribution in [3.8, 4) is 5.75 Å². The lowest BCUT2D eigenvalue weighted by atomic mass is 9.94. The van der Waals surface area contributed by atoms with E-state index in [1.165, 1.54) is 0 Å². The lowest BCUT2D eigenvalue weighted by Gasteiger charge is -2.22. The molecule has 166 valence electrons. The number of carbonyl (C=O) groups is 1. The van der Waals surface area contributed by atoms with Gasteiger partial charge < -0.3 is 15.4 Å². The topological polar surface area (TPSA) is 63.2 Å². The van der Waals surface area contributed by atoms with Crippen LogP contribution < -0.4 is 15.4 Å². The standard InChI is InChI=1S/C27H31N3O2/c1-17(2)20-13-24(22-7-6-12-29-25(22)14-20)27(10-11-27)30-26(31)23-15-21(9-8-18(23)3)32-16-19(4)28-5/h6-9,12-15,19,28H,1,10-11,16H2,2-5H3,(H,30,31). The molecule has 1 saturated carbocycles. The molecule has 0 bridgehead atoms. The summed E-state index contributed by atoms with van der Waals surface area (Å²) < 4.78 is 5.87. The second-order valence-corrected chi connectivity index (χ2v) is 8.89. The fourth-order valence-electron chi connectivity index (χ4n) is 3.94. The molecule has 0 spiro atoms. The smallest absolute Gasteiger partial charge is 0.252 e. The maximum absolute atomic E-state index is 13.4. The molecule has 1 heterocycles. The Morgan fingerprint density at radius 1 is 1.25 bits per heavy atom. The summed E-state index contributed by atoms with van der Waals surface area (Å²) in [6.45, 7) is 10.6. The number of hydrogen-bond donors (Lipinski definition) is 2. The molecule has 0 aliphatic heterocycles. The third kappa shape index (κ3) is 4.39. The third-order valence-electron chi connectivity index (χ3n) is 6.28. The van der Waals surface area contributed by atoms with Crippen molar-refractivity contribution < 1.29 is 9.53 Å². The Bertz CT molecular complexity index is 1180. The Hall–Kier alpha value is -3.18. The molecule has 1 fully saturated rings. The normalized spacial score (nSPS) is 15.2. The van der Waals surface area contributed by atoms with Crippen molar-refractivity contribution in [2.45, 2.75) is 45.2 Å². The lowest BCUT2D eigenvalue weighted by molar-refractivity contribution is 0.0930. The number of carbonyl (C=O) groups excluding carboxylic acids is 1. The summed E-state index contributed by atoms with van der Waals surface area (Å²) in [5, 5.41) is 7.57. The molecule has 1 aromatic heterocycles. The van der Waals surface area contributed by atoms with E-state index in [1.807, 2.05) is 45.2 Å². The van der Waals surface area contributed by atoms with Crippen molar-refractivity contribution >= 4 is 22.4 Å². The Balaban J connectivity index is 1.64. The lowest BCUT2D eigenvalue weighted by Crippen LogP contribution is -2.35. The minimum atomic E-state index is -0.381. The molecule has 2 N–H and O–H groups in total. The van der Waals surface area contributed by atoms with Crippen LogP contribution in [-0.2, 0) is 5.54 Å². The summed E-state index contributed by atoms with van der Waals surface area (Å²) in [7, 11) is 1.90. The predicted molar refractivity (Wildman–Crippen MR) is 130 cm³/mol. The van der Waals surface area contributed by atoms with E-state index in [4.69, 9.17) is 4.74 Å². The van der Waals surface area contributed by atoms with Gasteiger partial charge in [0.25, 0.3) is 5.91 Å². The average Bonchev–Trinajstić information content (AvgIpc) is 3.57. The Kier molecular flexibility index (Phi) is 6.02. The van der Waals surface area contributed by atoms with Crippen molar-refractivity contribution in [3.63, 3.8) is 0 Å². The van der Waals surface area contributed by atoms with E-state index in [0.717, 1.165) is 46.0 Å². The van der Waals surface area contributed by atoms with E-state index in [2.05, 4.69) is 47.3 Å². The highest BCUT2D eigenvalue weighted by atomic mass is 16.5. The first kappa shape index (κ1) is 22.0. The van der Waals surface area contributed by atoms with Crippen LogP contribution in [0.25, 0.3) is 16.5 Å². The Morgan fingerprint density at radius 2 is 2.03 bits per heavy atom.